The third-order valence-corrected chi connectivity index (χ3v) is 2.66. The molecule has 3 heteroatoms. The second kappa shape index (κ2) is 5.14. The summed E-state index contributed by atoms with van der Waals surface area (Å²) in [5, 5.41) is 0. The second-order valence-electron chi connectivity index (χ2n) is 2.68. The number of hydrogen-bond acceptors (Lipinski definition) is 2. The van der Waals surface area contributed by atoms with Gasteiger partial charge in [-0.25, -0.2) is 4.79 Å². The van der Waals surface area contributed by atoms with Crippen molar-refractivity contribution in [1.82, 2.24) is 0 Å². The van der Waals surface area contributed by atoms with Gasteiger partial charge in [-0.3, -0.25) is 0 Å². The first-order valence-corrected chi connectivity index (χ1v) is 5.35. The van der Waals surface area contributed by atoms with Crippen LogP contribution in [0.3, 0.4) is 0 Å². The van der Waals surface area contributed by atoms with E-state index in [9.17, 15) is 4.79 Å². The van der Waals surface area contributed by atoms with Crippen molar-refractivity contribution in [2.75, 3.05) is 6.61 Å². The van der Waals surface area contributed by atoms with E-state index in [4.69, 9.17) is 4.74 Å². The van der Waals surface area contributed by atoms with Crippen LogP contribution < -0.4 is 0 Å². The highest BCUT2D eigenvalue weighted by Crippen LogP contribution is 2.20. The van der Waals surface area contributed by atoms with Gasteiger partial charge in [-0.1, -0.05) is 24.8 Å². The Hall–Kier alpha value is -0.840. The van der Waals surface area contributed by atoms with Crippen LogP contribution in [0.1, 0.15) is 12.5 Å². The van der Waals surface area contributed by atoms with Gasteiger partial charge in [-0.05, 0) is 35.6 Å². The highest BCUT2D eigenvalue weighted by atomic mass is 127. The minimum atomic E-state index is -0.350. The molecule has 0 radical (unpaired) electrons. The molecule has 0 aromatic heterocycles. The Balaban J connectivity index is 2.90. The Labute approximate surface area is 97.1 Å². The number of carbonyl (C=O) groups is 1. The van der Waals surface area contributed by atoms with Crippen LogP contribution >= 0.6 is 22.6 Å². The van der Waals surface area contributed by atoms with Gasteiger partial charge < -0.3 is 4.74 Å². The minimum absolute atomic E-state index is 0.350. The molecule has 74 valence electrons. The standard InChI is InChI=1S/C11H11IO2/c1-3-14-11(13)8(2)9-6-4-5-7-10(9)12/h4-7H,2-3H2,1H3. The van der Waals surface area contributed by atoms with Gasteiger partial charge in [0.05, 0.1) is 12.2 Å². The molecular formula is C11H11IO2. The summed E-state index contributed by atoms with van der Waals surface area (Å²) >= 11 is 2.17. The smallest absolute Gasteiger partial charge is 0.338 e. The summed E-state index contributed by atoms with van der Waals surface area (Å²) in [5.74, 6) is -0.350. The number of benzene rings is 1. The maximum absolute atomic E-state index is 11.4. The average molecular weight is 302 g/mol. The zero-order chi connectivity index (χ0) is 10.6. The van der Waals surface area contributed by atoms with Crippen molar-refractivity contribution in [2.45, 2.75) is 6.92 Å². The van der Waals surface area contributed by atoms with E-state index >= 15 is 0 Å². The molecule has 0 N–H and O–H groups in total. The molecule has 0 saturated heterocycles. The Morgan fingerprint density at radius 3 is 2.71 bits per heavy atom. The number of rotatable bonds is 3. The Kier molecular flexibility index (Phi) is 4.13. The number of hydrogen-bond donors (Lipinski definition) is 0. The average Bonchev–Trinajstić information content (AvgIpc) is 2.18. The van der Waals surface area contributed by atoms with Crippen LogP contribution in [-0.4, -0.2) is 12.6 Å². The molecule has 0 atom stereocenters. The molecule has 14 heavy (non-hydrogen) atoms. The Bertz CT molecular complexity index is 358. The molecule has 0 aliphatic heterocycles. The maximum atomic E-state index is 11.4. The van der Waals surface area contributed by atoms with Gasteiger partial charge in [0.15, 0.2) is 0 Å². The lowest BCUT2D eigenvalue weighted by atomic mass is 10.1. The molecule has 0 unspecified atom stereocenters. The van der Waals surface area contributed by atoms with Gasteiger partial charge in [0.25, 0.3) is 0 Å². The lowest BCUT2D eigenvalue weighted by Gasteiger charge is -2.06. The van der Waals surface area contributed by atoms with E-state index in [2.05, 4.69) is 29.2 Å². The molecule has 1 rings (SSSR count). The quantitative estimate of drug-likeness (QED) is 0.487. The zero-order valence-electron chi connectivity index (χ0n) is 7.92. The van der Waals surface area contributed by atoms with Gasteiger partial charge in [-0.2, -0.15) is 0 Å². The summed E-state index contributed by atoms with van der Waals surface area (Å²) in [7, 11) is 0. The molecular weight excluding hydrogens is 291 g/mol. The first-order valence-electron chi connectivity index (χ1n) is 4.27. The van der Waals surface area contributed by atoms with E-state index < -0.39 is 0 Å². The largest absolute Gasteiger partial charge is 0.462 e. The fraction of sp³-hybridized carbons (Fsp3) is 0.182. The number of ether oxygens (including phenoxy) is 1. The third-order valence-electron chi connectivity index (χ3n) is 1.72. The molecule has 0 spiro atoms. The fourth-order valence-corrected chi connectivity index (χ4v) is 1.75. The second-order valence-corrected chi connectivity index (χ2v) is 3.84. The van der Waals surface area contributed by atoms with E-state index in [0.29, 0.717) is 12.2 Å². The summed E-state index contributed by atoms with van der Waals surface area (Å²) in [6.45, 7) is 5.88. The van der Waals surface area contributed by atoms with Crippen LogP contribution in [0.2, 0.25) is 0 Å². The van der Waals surface area contributed by atoms with Crippen LogP contribution in [0, 0.1) is 3.57 Å². The van der Waals surface area contributed by atoms with Gasteiger partial charge in [0, 0.05) is 9.13 Å². The van der Waals surface area contributed by atoms with E-state index in [1.165, 1.54) is 0 Å². The van der Waals surface area contributed by atoms with Crippen molar-refractivity contribution in [1.29, 1.82) is 0 Å². The molecule has 2 nitrogen and oxygen atoms in total. The van der Waals surface area contributed by atoms with Gasteiger partial charge in [0.1, 0.15) is 0 Å². The Morgan fingerprint density at radius 2 is 2.14 bits per heavy atom. The van der Waals surface area contributed by atoms with Crippen LogP contribution in [0.15, 0.2) is 30.8 Å². The zero-order valence-corrected chi connectivity index (χ0v) is 10.1. The molecule has 0 aliphatic rings. The molecule has 1 aromatic carbocycles. The first-order chi connectivity index (χ1) is 6.66. The SMILES string of the molecule is C=C(C(=O)OCC)c1ccccc1I. The van der Waals surface area contributed by atoms with Gasteiger partial charge in [0.2, 0.25) is 0 Å². The van der Waals surface area contributed by atoms with E-state index in [1.807, 2.05) is 24.3 Å². The highest BCUT2D eigenvalue weighted by Gasteiger charge is 2.12. The van der Waals surface area contributed by atoms with E-state index in [0.717, 1.165) is 9.13 Å². The fourth-order valence-electron chi connectivity index (χ4n) is 1.03. The number of halogens is 1. The summed E-state index contributed by atoms with van der Waals surface area (Å²) in [4.78, 5) is 11.4. The summed E-state index contributed by atoms with van der Waals surface area (Å²) in [6, 6.07) is 7.59. The predicted molar refractivity (Wildman–Crippen MR) is 64.8 cm³/mol. The lowest BCUT2D eigenvalue weighted by molar-refractivity contribution is -0.136. The van der Waals surface area contributed by atoms with Gasteiger partial charge in [-0.15, -0.1) is 0 Å². The lowest BCUT2D eigenvalue weighted by Crippen LogP contribution is -2.06. The maximum Gasteiger partial charge on any atom is 0.338 e. The van der Waals surface area contributed by atoms with Crippen LogP contribution in [0.25, 0.3) is 5.57 Å². The number of carbonyl (C=O) groups excluding carboxylic acids is 1. The molecule has 0 amide bonds. The normalized spacial score (nSPS) is 9.57. The highest BCUT2D eigenvalue weighted by molar-refractivity contribution is 14.1. The molecule has 0 fully saturated rings. The van der Waals surface area contributed by atoms with E-state index in [-0.39, 0.29) is 5.97 Å². The van der Waals surface area contributed by atoms with Crippen molar-refractivity contribution >= 4 is 34.1 Å². The summed E-state index contributed by atoms with van der Waals surface area (Å²) in [6.07, 6.45) is 0. The Morgan fingerprint density at radius 1 is 1.50 bits per heavy atom. The summed E-state index contributed by atoms with van der Waals surface area (Å²) < 4.78 is 5.87. The molecule has 0 bridgehead atoms. The molecule has 1 aromatic rings. The summed E-state index contributed by atoms with van der Waals surface area (Å²) in [5.41, 5.74) is 1.25. The molecule has 0 saturated carbocycles. The van der Waals surface area contributed by atoms with Crippen molar-refractivity contribution < 1.29 is 9.53 Å². The predicted octanol–water partition coefficient (Wildman–Crippen LogP) is 2.87. The molecule has 0 aliphatic carbocycles. The van der Waals surface area contributed by atoms with Gasteiger partial charge >= 0.3 is 5.97 Å². The van der Waals surface area contributed by atoms with Crippen molar-refractivity contribution in [3.05, 3.63) is 40.0 Å². The third kappa shape index (κ3) is 2.57. The first kappa shape index (κ1) is 11.2. The van der Waals surface area contributed by atoms with Crippen LogP contribution in [0.4, 0.5) is 0 Å². The number of esters is 1. The van der Waals surface area contributed by atoms with Crippen molar-refractivity contribution in [3.63, 3.8) is 0 Å². The monoisotopic (exact) mass is 302 g/mol. The topological polar surface area (TPSA) is 26.3 Å². The van der Waals surface area contributed by atoms with Crippen molar-refractivity contribution in [2.24, 2.45) is 0 Å². The van der Waals surface area contributed by atoms with Crippen LogP contribution in [0.5, 0.6) is 0 Å². The van der Waals surface area contributed by atoms with Crippen molar-refractivity contribution in [3.8, 4) is 0 Å². The van der Waals surface area contributed by atoms with Crippen LogP contribution in [-0.2, 0) is 9.53 Å². The molecule has 0 heterocycles. The minimum Gasteiger partial charge on any atom is -0.462 e. The van der Waals surface area contributed by atoms with E-state index in [1.54, 1.807) is 6.92 Å².